The summed E-state index contributed by atoms with van der Waals surface area (Å²) in [6, 6.07) is 9.37. The molecular formula is C18H28N2O. The molecule has 1 aromatic carbocycles. The van der Waals surface area contributed by atoms with Crippen LogP contribution in [0.1, 0.15) is 43.9 Å². The van der Waals surface area contributed by atoms with E-state index in [1.165, 1.54) is 24.9 Å². The molecule has 2 saturated heterocycles. The van der Waals surface area contributed by atoms with Crippen molar-refractivity contribution < 1.29 is 5.11 Å². The minimum absolute atomic E-state index is 0.195. The highest BCUT2D eigenvalue weighted by Crippen LogP contribution is 2.27. The highest BCUT2D eigenvalue weighted by molar-refractivity contribution is 5.25. The van der Waals surface area contributed by atoms with E-state index in [0.717, 1.165) is 37.7 Å². The number of fused-ring (bicyclic) bond motifs is 1. The Morgan fingerprint density at radius 3 is 2.67 bits per heavy atom. The molecule has 0 aromatic heterocycles. The minimum atomic E-state index is -0.385. The molecule has 0 saturated carbocycles. The van der Waals surface area contributed by atoms with Gasteiger partial charge in [-0.25, -0.2) is 0 Å². The highest BCUT2D eigenvalue weighted by atomic mass is 16.3. The van der Waals surface area contributed by atoms with Crippen molar-refractivity contribution in [1.29, 1.82) is 0 Å². The number of aliphatic hydroxyl groups excluding tert-OH is 1. The molecule has 0 bridgehead atoms. The predicted molar refractivity (Wildman–Crippen MR) is 86.4 cm³/mol. The first-order valence-corrected chi connectivity index (χ1v) is 8.44. The topological polar surface area (TPSA) is 26.7 Å². The molecule has 21 heavy (non-hydrogen) atoms. The molecule has 3 heteroatoms. The van der Waals surface area contributed by atoms with Crippen LogP contribution in [-0.4, -0.2) is 53.2 Å². The lowest BCUT2D eigenvalue weighted by molar-refractivity contribution is 0.0135. The molecule has 2 heterocycles. The van der Waals surface area contributed by atoms with Crippen molar-refractivity contribution in [3.8, 4) is 0 Å². The van der Waals surface area contributed by atoms with Gasteiger partial charge in [-0.2, -0.15) is 0 Å². The van der Waals surface area contributed by atoms with Crippen molar-refractivity contribution in [1.82, 2.24) is 9.80 Å². The Balaban J connectivity index is 1.64. The van der Waals surface area contributed by atoms with Crippen molar-refractivity contribution in [2.45, 2.75) is 51.3 Å². The van der Waals surface area contributed by atoms with Gasteiger partial charge in [-0.05, 0) is 43.9 Å². The van der Waals surface area contributed by atoms with E-state index < -0.39 is 0 Å². The summed E-state index contributed by atoms with van der Waals surface area (Å²) in [6.45, 7) is 8.97. The SMILES string of the molecule is CCc1ccc(C(O)C(C)N2CCN3CCCC3C2)cc1. The number of aliphatic hydroxyl groups is 1. The average molecular weight is 288 g/mol. The number of aryl methyl sites for hydroxylation is 1. The number of piperazine rings is 1. The third-order valence-electron chi connectivity index (χ3n) is 5.38. The molecule has 1 aromatic rings. The lowest BCUT2D eigenvalue weighted by atomic mass is 9.99. The van der Waals surface area contributed by atoms with E-state index in [9.17, 15) is 5.11 Å². The average Bonchev–Trinajstić information content (AvgIpc) is 3.01. The fourth-order valence-electron chi connectivity index (χ4n) is 3.81. The predicted octanol–water partition coefficient (Wildman–Crippen LogP) is 2.45. The van der Waals surface area contributed by atoms with E-state index in [1.807, 2.05) is 0 Å². The molecule has 1 N–H and O–H groups in total. The third-order valence-corrected chi connectivity index (χ3v) is 5.38. The Morgan fingerprint density at radius 2 is 1.95 bits per heavy atom. The molecule has 3 rings (SSSR count). The van der Waals surface area contributed by atoms with E-state index in [4.69, 9.17) is 0 Å². The van der Waals surface area contributed by atoms with E-state index >= 15 is 0 Å². The molecule has 2 aliphatic rings. The second-order valence-corrected chi connectivity index (χ2v) is 6.61. The van der Waals surface area contributed by atoms with Gasteiger partial charge in [-0.1, -0.05) is 31.2 Å². The van der Waals surface area contributed by atoms with Crippen LogP contribution in [0.15, 0.2) is 24.3 Å². The summed E-state index contributed by atoms with van der Waals surface area (Å²) in [5.41, 5.74) is 2.38. The van der Waals surface area contributed by atoms with Gasteiger partial charge >= 0.3 is 0 Å². The fraction of sp³-hybridized carbons (Fsp3) is 0.667. The summed E-state index contributed by atoms with van der Waals surface area (Å²) >= 11 is 0. The van der Waals surface area contributed by atoms with Crippen molar-refractivity contribution >= 4 is 0 Å². The van der Waals surface area contributed by atoms with Crippen LogP contribution in [0.4, 0.5) is 0 Å². The van der Waals surface area contributed by atoms with E-state index in [2.05, 4.69) is 47.9 Å². The van der Waals surface area contributed by atoms with Crippen molar-refractivity contribution in [2.24, 2.45) is 0 Å². The van der Waals surface area contributed by atoms with Gasteiger partial charge in [-0.3, -0.25) is 9.80 Å². The van der Waals surface area contributed by atoms with Crippen LogP contribution in [-0.2, 0) is 6.42 Å². The van der Waals surface area contributed by atoms with E-state index in [-0.39, 0.29) is 12.1 Å². The molecule has 0 amide bonds. The second-order valence-electron chi connectivity index (χ2n) is 6.61. The summed E-state index contributed by atoms with van der Waals surface area (Å²) < 4.78 is 0. The van der Waals surface area contributed by atoms with Gasteiger partial charge in [0, 0.05) is 31.7 Å². The quantitative estimate of drug-likeness (QED) is 0.922. The van der Waals surface area contributed by atoms with Gasteiger partial charge in [0.2, 0.25) is 0 Å². The Hall–Kier alpha value is -0.900. The molecule has 0 spiro atoms. The van der Waals surface area contributed by atoms with Crippen molar-refractivity contribution in [2.75, 3.05) is 26.2 Å². The minimum Gasteiger partial charge on any atom is -0.387 e. The third kappa shape index (κ3) is 3.15. The molecule has 3 atom stereocenters. The number of rotatable bonds is 4. The lowest BCUT2D eigenvalue weighted by Gasteiger charge is -2.42. The first kappa shape index (κ1) is 15.0. The maximum atomic E-state index is 10.7. The first-order valence-electron chi connectivity index (χ1n) is 8.44. The van der Waals surface area contributed by atoms with Crippen LogP contribution in [0.3, 0.4) is 0 Å². The van der Waals surface area contributed by atoms with E-state index in [1.54, 1.807) is 0 Å². The van der Waals surface area contributed by atoms with Crippen LogP contribution >= 0.6 is 0 Å². The molecule has 2 aliphatic heterocycles. The van der Waals surface area contributed by atoms with Crippen molar-refractivity contribution in [3.05, 3.63) is 35.4 Å². The first-order chi connectivity index (χ1) is 10.2. The number of nitrogens with zero attached hydrogens (tertiary/aromatic N) is 2. The largest absolute Gasteiger partial charge is 0.387 e. The number of hydrogen-bond donors (Lipinski definition) is 1. The standard InChI is InChI=1S/C18H28N2O/c1-3-15-6-8-16(9-7-15)18(21)14(2)20-12-11-19-10-4-5-17(19)13-20/h6-9,14,17-18,21H,3-5,10-13H2,1-2H3. The van der Waals surface area contributed by atoms with Crippen molar-refractivity contribution in [3.63, 3.8) is 0 Å². The fourth-order valence-corrected chi connectivity index (χ4v) is 3.81. The zero-order valence-corrected chi connectivity index (χ0v) is 13.3. The molecule has 0 aliphatic carbocycles. The Bertz CT molecular complexity index is 459. The summed E-state index contributed by atoms with van der Waals surface area (Å²) in [7, 11) is 0. The molecule has 116 valence electrons. The van der Waals surface area contributed by atoms with Gasteiger partial charge in [-0.15, -0.1) is 0 Å². The molecule has 0 radical (unpaired) electrons. The number of benzene rings is 1. The van der Waals surface area contributed by atoms with Crippen LogP contribution < -0.4 is 0 Å². The molecule has 2 fully saturated rings. The maximum absolute atomic E-state index is 10.7. The monoisotopic (exact) mass is 288 g/mol. The maximum Gasteiger partial charge on any atom is 0.0942 e. The number of hydrogen-bond acceptors (Lipinski definition) is 3. The molecular weight excluding hydrogens is 260 g/mol. The van der Waals surface area contributed by atoms with Crippen LogP contribution in [0, 0.1) is 0 Å². The zero-order valence-electron chi connectivity index (χ0n) is 13.3. The van der Waals surface area contributed by atoms with Gasteiger partial charge in [0.1, 0.15) is 0 Å². The Morgan fingerprint density at radius 1 is 1.19 bits per heavy atom. The van der Waals surface area contributed by atoms with Gasteiger partial charge < -0.3 is 5.11 Å². The van der Waals surface area contributed by atoms with Crippen LogP contribution in [0.5, 0.6) is 0 Å². The van der Waals surface area contributed by atoms with Gasteiger partial charge in [0.25, 0.3) is 0 Å². The van der Waals surface area contributed by atoms with Gasteiger partial charge in [0.15, 0.2) is 0 Å². The summed E-state index contributed by atoms with van der Waals surface area (Å²) in [6.07, 6.45) is 3.33. The van der Waals surface area contributed by atoms with Crippen LogP contribution in [0.2, 0.25) is 0 Å². The molecule has 3 unspecified atom stereocenters. The van der Waals surface area contributed by atoms with E-state index in [0.29, 0.717) is 0 Å². The van der Waals surface area contributed by atoms with Gasteiger partial charge in [0.05, 0.1) is 6.10 Å². The Labute approximate surface area is 128 Å². The van der Waals surface area contributed by atoms with Crippen LogP contribution in [0.25, 0.3) is 0 Å². The molecule has 3 nitrogen and oxygen atoms in total. The highest BCUT2D eigenvalue weighted by Gasteiger charge is 2.34. The lowest BCUT2D eigenvalue weighted by Crippen LogP contribution is -2.53. The Kier molecular flexibility index (Phi) is 4.63. The smallest absolute Gasteiger partial charge is 0.0942 e. The summed E-state index contributed by atoms with van der Waals surface area (Å²) in [4.78, 5) is 5.09. The normalized spacial score (nSPS) is 26.5. The second kappa shape index (κ2) is 6.47. The summed E-state index contributed by atoms with van der Waals surface area (Å²) in [5.74, 6) is 0. The summed E-state index contributed by atoms with van der Waals surface area (Å²) in [5, 5.41) is 10.7. The zero-order chi connectivity index (χ0) is 14.8.